The summed E-state index contributed by atoms with van der Waals surface area (Å²) >= 11 is 0. The van der Waals surface area contributed by atoms with Crippen LogP contribution in [0.3, 0.4) is 0 Å². The topological polar surface area (TPSA) is 47.8 Å². The summed E-state index contributed by atoms with van der Waals surface area (Å²) in [6, 6.07) is 7.61. The average Bonchev–Trinajstić information content (AvgIpc) is 3.20. The molecule has 0 aliphatic carbocycles. The molecule has 1 heterocycles. The van der Waals surface area contributed by atoms with Crippen LogP contribution in [-0.2, 0) is 0 Å². The number of benzene rings is 1. The molecule has 0 aliphatic rings. The van der Waals surface area contributed by atoms with Crippen LogP contribution in [0, 0.1) is 0 Å². The SMILES string of the molecule is CCCCCCCCCC/C=C/CCCCCCCC(=O)n1nnc2ccccc21. The van der Waals surface area contributed by atoms with Crippen molar-refractivity contribution >= 4 is 16.9 Å². The third kappa shape index (κ3) is 9.69. The molecule has 0 fully saturated rings. The highest BCUT2D eigenvalue weighted by Gasteiger charge is 2.10. The van der Waals surface area contributed by atoms with Gasteiger partial charge in [0.2, 0.25) is 5.91 Å². The molecule has 1 aromatic carbocycles. The maximum atomic E-state index is 12.3. The molecule has 2 aromatic rings. The zero-order chi connectivity index (χ0) is 21.3. The van der Waals surface area contributed by atoms with Crippen molar-refractivity contribution < 1.29 is 4.79 Å². The number of hydrogen-bond acceptors (Lipinski definition) is 3. The molecule has 2 rings (SSSR count). The zero-order valence-electron chi connectivity index (χ0n) is 19.0. The number of fused-ring (bicyclic) bond motifs is 1. The highest BCUT2D eigenvalue weighted by atomic mass is 16.2. The van der Waals surface area contributed by atoms with E-state index < -0.39 is 0 Å². The van der Waals surface area contributed by atoms with Gasteiger partial charge >= 0.3 is 0 Å². The summed E-state index contributed by atoms with van der Waals surface area (Å²) in [5, 5.41) is 8.05. The minimum atomic E-state index is 0.0487. The normalized spacial score (nSPS) is 11.6. The number of nitrogens with zero attached hydrogens (tertiary/aromatic N) is 3. The van der Waals surface area contributed by atoms with E-state index in [-0.39, 0.29) is 5.91 Å². The predicted molar refractivity (Wildman–Crippen MR) is 127 cm³/mol. The van der Waals surface area contributed by atoms with E-state index in [1.54, 1.807) is 0 Å². The molecule has 0 spiro atoms. The molecule has 4 nitrogen and oxygen atoms in total. The molecule has 0 N–H and O–H groups in total. The van der Waals surface area contributed by atoms with Crippen molar-refractivity contribution in [1.29, 1.82) is 0 Å². The van der Waals surface area contributed by atoms with E-state index >= 15 is 0 Å². The number of carbonyl (C=O) groups is 1. The second kappa shape index (κ2) is 15.8. The Morgan fingerprint density at radius 3 is 2.03 bits per heavy atom. The highest BCUT2D eigenvalue weighted by molar-refractivity contribution is 5.88. The lowest BCUT2D eigenvalue weighted by molar-refractivity contribution is 0.0886. The van der Waals surface area contributed by atoms with Crippen LogP contribution in [0.25, 0.3) is 11.0 Å². The van der Waals surface area contributed by atoms with Crippen LogP contribution < -0.4 is 0 Å². The van der Waals surface area contributed by atoms with Crippen LogP contribution in [0.15, 0.2) is 36.4 Å². The fourth-order valence-electron chi connectivity index (χ4n) is 3.86. The lowest BCUT2D eigenvalue weighted by Gasteiger charge is -2.02. The number of rotatable bonds is 17. The summed E-state index contributed by atoms with van der Waals surface area (Å²) < 4.78 is 1.45. The summed E-state index contributed by atoms with van der Waals surface area (Å²) in [7, 11) is 0. The summed E-state index contributed by atoms with van der Waals surface area (Å²) in [4.78, 5) is 12.3. The molecule has 30 heavy (non-hydrogen) atoms. The Kier molecular flexibility index (Phi) is 12.8. The predicted octanol–water partition coefficient (Wildman–Crippen LogP) is 7.89. The lowest BCUT2D eigenvalue weighted by Crippen LogP contribution is -2.12. The van der Waals surface area contributed by atoms with E-state index in [2.05, 4.69) is 29.4 Å². The maximum Gasteiger partial charge on any atom is 0.248 e. The monoisotopic (exact) mass is 411 g/mol. The molecule has 0 unspecified atom stereocenters. The zero-order valence-corrected chi connectivity index (χ0v) is 19.0. The molecule has 0 saturated heterocycles. The third-order valence-electron chi connectivity index (χ3n) is 5.74. The van der Waals surface area contributed by atoms with Crippen LogP contribution in [0.1, 0.15) is 114 Å². The highest BCUT2D eigenvalue weighted by Crippen LogP contribution is 2.13. The first-order chi connectivity index (χ1) is 14.8. The van der Waals surface area contributed by atoms with Gasteiger partial charge in [0.25, 0.3) is 0 Å². The van der Waals surface area contributed by atoms with Gasteiger partial charge in [-0.15, -0.1) is 5.10 Å². The summed E-state index contributed by atoms with van der Waals surface area (Å²) in [5.74, 6) is 0.0487. The first-order valence-corrected chi connectivity index (χ1v) is 12.3. The molecule has 4 heteroatoms. The van der Waals surface area contributed by atoms with Crippen molar-refractivity contribution in [1.82, 2.24) is 15.0 Å². The largest absolute Gasteiger partial charge is 0.273 e. The Bertz CT molecular complexity index is 735. The first kappa shape index (κ1) is 24.3. The van der Waals surface area contributed by atoms with Gasteiger partial charge in [0.1, 0.15) is 5.52 Å². The fraction of sp³-hybridized carbons (Fsp3) is 0.654. The molecule has 0 atom stereocenters. The molecule has 0 aliphatic heterocycles. The smallest absolute Gasteiger partial charge is 0.248 e. The molecule has 0 bridgehead atoms. The van der Waals surface area contributed by atoms with E-state index in [1.807, 2.05) is 24.3 Å². The molecular weight excluding hydrogens is 370 g/mol. The Morgan fingerprint density at radius 1 is 0.800 bits per heavy atom. The standard InChI is InChI=1S/C26H41N3O/c1-2-3-4-5-6-7-8-9-10-11-12-13-14-15-16-17-18-23-26(30)29-25-22-20-19-21-24(25)27-28-29/h11-12,19-22H,2-10,13-18,23H2,1H3/b12-11+. The molecule has 1 aromatic heterocycles. The lowest BCUT2D eigenvalue weighted by atomic mass is 10.1. The van der Waals surface area contributed by atoms with E-state index in [1.165, 1.54) is 88.2 Å². The van der Waals surface area contributed by atoms with E-state index in [9.17, 15) is 4.79 Å². The molecule has 166 valence electrons. The number of allylic oxidation sites excluding steroid dienone is 2. The van der Waals surface area contributed by atoms with Crippen LogP contribution in [-0.4, -0.2) is 20.9 Å². The van der Waals surface area contributed by atoms with Gasteiger partial charge in [-0.05, 0) is 44.2 Å². The van der Waals surface area contributed by atoms with Gasteiger partial charge in [0.05, 0.1) is 5.52 Å². The number of hydrogen-bond donors (Lipinski definition) is 0. The van der Waals surface area contributed by atoms with Crippen LogP contribution in [0.2, 0.25) is 0 Å². The van der Waals surface area contributed by atoms with Gasteiger partial charge < -0.3 is 0 Å². The van der Waals surface area contributed by atoms with Crippen LogP contribution in [0.5, 0.6) is 0 Å². The summed E-state index contributed by atoms with van der Waals surface area (Å²) in [5.41, 5.74) is 1.59. The second-order valence-electron chi connectivity index (χ2n) is 8.43. The Labute approximate surface area is 183 Å². The van der Waals surface area contributed by atoms with Gasteiger partial charge in [0.15, 0.2) is 0 Å². The molecule has 0 saturated carbocycles. The third-order valence-corrected chi connectivity index (χ3v) is 5.74. The minimum Gasteiger partial charge on any atom is -0.273 e. The Balaban J connectivity index is 1.39. The van der Waals surface area contributed by atoms with Gasteiger partial charge in [-0.3, -0.25) is 4.79 Å². The molecular formula is C26H41N3O. The summed E-state index contributed by atoms with van der Waals surface area (Å²) in [6.07, 6.45) is 24.6. The van der Waals surface area contributed by atoms with Crippen LogP contribution in [0.4, 0.5) is 0 Å². The number of unbranched alkanes of at least 4 members (excludes halogenated alkanes) is 13. The number of aromatic nitrogens is 3. The first-order valence-electron chi connectivity index (χ1n) is 12.3. The number of carbonyl (C=O) groups excluding carboxylic acids is 1. The van der Waals surface area contributed by atoms with Gasteiger partial charge in [0, 0.05) is 6.42 Å². The van der Waals surface area contributed by atoms with Gasteiger partial charge in [-0.1, -0.05) is 101 Å². The van der Waals surface area contributed by atoms with E-state index in [0.29, 0.717) is 6.42 Å². The van der Waals surface area contributed by atoms with Crippen molar-refractivity contribution in [2.75, 3.05) is 0 Å². The summed E-state index contributed by atoms with van der Waals surface area (Å²) in [6.45, 7) is 2.28. The Morgan fingerprint density at radius 2 is 1.37 bits per heavy atom. The van der Waals surface area contributed by atoms with Gasteiger partial charge in [-0.25, -0.2) is 0 Å². The van der Waals surface area contributed by atoms with Crippen molar-refractivity contribution in [2.45, 2.75) is 110 Å². The molecule has 0 radical (unpaired) electrons. The van der Waals surface area contributed by atoms with Crippen molar-refractivity contribution in [2.24, 2.45) is 0 Å². The Hall–Kier alpha value is -1.97. The fourth-order valence-corrected chi connectivity index (χ4v) is 3.86. The van der Waals surface area contributed by atoms with E-state index in [4.69, 9.17) is 0 Å². The minimum absolute atomic E-state index is 0.0487. The van der Waals surface area contributed by atoms with Crippen molar-refractivity contribution in [3.63, 3.8) is 0 Å². The van der Waals surface area contributed by atoms with Crippen molar-refractivity contribution in [3.8, 4) is 0 Å². The number of para-hydroxylation sites is 1. The van der Waals surface area contributed by atoms with Gasteiger partial charge in [-0.2, -0.15) is 4.68 Å². The van der Waals surface area contributed by atoms with E-state index in [0.717, 1.165) is 23.9 Å². The van der Waals surface area contributed by atoms with Crippen molar-refractivity contribution in [3.05, 3.63) is 36.4 Å². The molecule has 0 amide bonds. The average molecular weight is 412 g/mol. The quantitative estimate of drug-likeness (QED) is 0.196. The maximum absolute atomic E-state index is 12.3. The second-order valence-corrected chi connectivity index (χ2v) is 8.43. The van der Waals surface area contributed by atoms with Crippen LogP contribution >= 0.6 is 0 Å².